The van der Waals surface area contributed by atoms with Crippen molar-refractivity contribution >= 4 is 35.1 Å². The molecule has 5 heteroatoms. The molecule has 21 heavy (non-hydrogen) atoms. The van der Waals surface area contributed by atoms with E-state index in [2.05, 4.69) is 6.58 Å². The van der Waals surface area contributed by atoms with Crippen LogP contribution in [-0.2, 0) is 4.79 Å². The molecule has 1 aromatic rings. The predicted octanol–water partition coefficient (Wildman–Crippen LogP) is 3.41. The van der Waals surface area contributed by atoms with E-state index in [1.807, 2.05) is 59.6 Å². The zero-order chi connectivity index (χ0) is 15.0. The number of anilines is 1. The lowest BCUT2D eigenvalue weighted by Gasteiger charge is -2.49. The Hall–Kier alpha value is -1.07. The molecular formula is C16H19NO2S2. The van der Waals surface area contributed by atoms with Crippen LogP contribution in [-0.4, -0.2) is 35.1 Å². The molecule has 3 rings (SSSR count). The summed E-state index contributed by atoms with van der Waals surface area (Å²) in [5.74, 6) is 3.28. The van der Waals surface area contributed by atoms with Crippen molar-refractivity contribution in [3.05, 3.63) is 36.4 Å². The van der Waals surface area contributed by atoms with E-state index in [1.165, 1.54) is 11.5 Å². The van der Waals surface area contributed by atoms with Gasteiger partial charge in [-0.3, -0.25) is 4.79 Å². The number of hydrogen-bond donors (Lipinski definition) is 0. The Bertz CT molecular complexity index is 552. The lowest BCUT2D eigenvalue weighted by atomic mass is 9.82. The van der Waals surface area contributed by atoms with Crippen LogP contribution in [0.15, 0.2) is 36.4 Å². The molecule has 112 valence electrons. The number of β-lactam (4-membered cyclic amide) rings is 1. The highest BCUT2D eigenvalue weighted by molar-refractivity contribution is 8.20. The number of ether oxygens (including phenoxy) is 1. The molecule has 0 unspecified atom stereocenters. The smallest absolute Gasteiger partial charge is 0.236 e. The van der Waals surface area contributed by atoms with Crippen molar-refractivity contribution in [3.63, 3.8) is 0 Å². The fourth-order valence-electron chi connectivity index (χ4n) is 2.91. The van der Waals surface area contributed by atoms with Gasteiger partial charge in [0.1, 0.15) is 5.75 Å². The van der Waals surface area contributed by atoms with Crippen molar-refractivity contribution in [2.24, 2.45) is 5.92 Å². The molecule has 0 radical (unpaired) electrons. The quantitative estimate of drug-likeness (QED) is 0.628. The third kappa shape index (κ3) is 2.57. The summed E-state index contributed by atoms with van der Waals surface area (Å²) in [6, 6.07) is 7.96. The first-order chi connectivity index (χ1) is 10.1. The van der Waals surface area contributed by atoms with Crippen LogP contribution in [0.3, 0.4) is 0 Å². The largest absolute Gasteiger partial charge is 0.497 e. The van der Waals surface area contributed by atoms with Crippen LogP contribution in [0.25, 0.3) is 0 Å². The van der Waals surface area contributed by atoms with E-state index in [1.54, 1.807) is 7.11 Å². The highest BCUT2D eigenvalue weighted by Gasteiger charge is 2.52. The molecule has 0 aliphatic carbocycles. The fraction of sp³-hybridized carbons (Fsp3) is 0.438. The predicted molar refractivity (Wildman–Crippen MR) is 91.3 cm³/mol. The van der Waals surface area contributed by atoms with Gasteiger partial charge in [0.25, 0.3) is 0 Å². The highest BCUT2D eigenvalue weighted by Crippen LogP contribution is 2.47. The average Bonchev–Trinajstić information content (AvgIpc) is 2.98. The summed E-state index contributed by atoms with van der Waals surface area (Å²) >= 11 is 3.92. The normalized spacial score (nSPS) is 25.8. The molecule has 0 bridgehead atoms. The number of nitrogens with zero attached hydrogens (tertiary/aromatic N) is 1. The minimum absolute atomic E-state index is 0.0322. The number of thioether (sulfide) groups is 2. The standard InChI is InChI=1S/C16H19NO2S2/c1-10(2)13-14(16-20-8-9-21-16)17(15(13)18)11-4-6-12(19-3)7-5-11/h4-7,13-14,16H,1,8-9H2,2-3H3/t13-,14-/m0/s1. The van der Waals surface area contributed by atoms with Crippen LogP contribution in [0, 0.1) is 5.92 Å². The maximum atomic E-state index is 12.5. The van der Waals surface area contributed by atoms with Gasteiger partial charge < -0.3 is 9.64 Å². The van der Waals surface area contributed by atoms with E-state index in [-0.39, 0.29) is 17.9 Å². The second-order valence-corrected chi connectivity index (χ2v) is 8.13. The number of amides is 1. The van der Waals surface area contributed by atoms with Crippen LogP contribution in [0.1, 0.15) is 6.92 Å². The molecule has 0 aromatic heterocycles. The van der Waals surface area contributed by atoms with E-state index in [9.17, 15) is 4.79 Å². The molecule has 0 saturated carbocycles. The van der Waals surface area contributed by atoms with Gasteiger partial charge in [0, 0.05) is 17.2 Å². The summed E-state index contributed by atoms with van der Waals surface area (Å²) in [5.41, 5.74) is 1.93. The van der Waals surface area contributed by atoms with E-state index >= 15 is 0 Å². The Labute approximate surface area is 134 Å². The van der Waals surface area contributed by atoms with E-state index in [0.29, 0.717) is 4.58 Å². The van der Waals surface area contributed by atoms with Crippen LogP contribution in [0.2, 0.25) is 0 Å². The van der Waals surface area contributed by atoms with Gasteiger partial charge >= 0.3 is 0 Å². The first-order valence-electron chi connectivity index (χ1n) is 6.99. The second-order valence-electron chi connectivity index (χ2n) is 5.33. The first-order valence-corrected chi connectivity index (χ1v) is 9.09. The summed E-state index contributed by atoms with van der Waals surface area (Å²) in [6.07, 6.45) is 0. The molecule has 2 saturated heterocycles. The maximum absolute atomic E-state index is 12.5. The van der Waals surface area contributed by atoms with Gasteiger partial charge in [0.15, 0.2) is 0 Å². The number of carbonyl (C=O) groups is 1. The van der Waals surface area contributed by atoms with Gasteiger partial charge in [-0.15, -0.1) is 23.5 Å². The van der Waals surface area contributed by atoms with Crippen LogP contribution in [0.5, 0.6) is 5.75 Å². The summed E-state index contributed by atoms with van der Waals surface area (Å²) in [7, 11) is 1.65. The summed E-state index contributed by atoms with van der Waals surface area (Å²) < 4.78 is 5.64. The minimum Gasteiger partial charge on any atom is -0.497 e. The minimum atomic E-state index is -0.0322. The SMILES string of the molecule is C=C(C)[C@@H]1C(=O)N(c2ccc(OC)cc2)[C@@H]1C1SCCS1. The number of methoxy groups -OCH3 is 1. The zero-order valence-corrected chi connectivity index (χ0v) is 13.9. The van der Waals surface area contributed by atoms with Crippen molar-refractivity contribution in [3.8, 4) is 5.75 Å². The molecule has 3 nitrogen and oxygen atoms in total. The van der Waals surface area contributed by atoms with Crippen molar-refractivity contribution in [1.82, 2.24) is 0 Å². The van der Waals surface area contributed by atoms with Crippen LogP contribution in [0.4, 0.5) is 5.69 Å². The summed E-state index contributed by atoms with van der Waals surface area (Å²) in [4.78, 5) is 14.5. The number of benzene rings is 1. The molecule has 0 N–H and O–H groups in total. The van der Waals surface area contributed by atoms with Gasteiger partial charge in [0.2, 0.25) is 5.91 Å². The van der Waals surface area contributed by atoms with E-state index in [0.717, 1.165) is 17.0 Å². The third-order valence-electron chi connectivity index (χ3n) is 3.95. The zero-order valence-electron chi connectivity index (χ0n) is 12.2. The molecule has 2 aliphatic heterocycles. The lowest BCUT2D eigenvalue weighted by molar-refractivity contribution is -0.128. The lowest BCUT2D eigenvalue weighted by Crippen LogP contribution is -2.64. The molecule has 0 spiro atoms. The van der Waals surface area contributed by atoms with E-state index in [4.69, 9.17) is 4.74 Å². The Balaban J connectivity index is 1.87. The molecule has 2 aliphatic rings. The van der Waals surface area contributed by atoms with Gasteiger partial charge in [-0.2, -0.15) is 0 Å². The van der Waals surface area contributed by atoms with Crippen molar-refractivity contribution in [1.29, 1.82) is 0 Å². The van der Waals surface area contributed by atoms with Crippen molar-refractivity contribution in [2.75, 3.05) is 23.5 Å². The fourth-order valence-corrected chi connectivity index (χ4v) is 6.06. The Morgan fingerprint density at radius 1 is 1.29 bits per heavy atom. The first kappa shape index (κ1) is 14.9. The maximum Gasteiger partial charge on any atom is 0.236 e. The molecule has 2 fully saturated rings. The summed E-state index contributed by atoms with van der Waals surface area (Å²) in [6.45, 7) is 5.98. The highest BCUT2D eigenvalue weighted by atomic mass is 32.2. The summed E-state index contributed by atoms with van der Waals surface area (Å²) in [5, 5.41) is 0. The number of hydrogen-bond acceptors (Lipinski definition) is 4. The number of rotatable bonds is 4. The van der Waals surface area contributed by atoms with Gasteiger partial charge in [0.05, 0.1) is 23.7 Å². The Morgan fingerprint density at radius 2 is 1.90 bits per heavy atom. The van der Waals surface area contributed by atoms with Crippen molar-refractivity contribution in [2.45, 2.75) is 17.5 Å². The molecular weight excluding hydrogens is 302 g/mol. The van der Waals surface area contributed by atoms with Crippen LogP contribution >= 0.6 is 23.5 Å². The molecule has 2 atom stereocenters. The topological polar surface area (TPSA) is 29.5 Å². The molecule has 1 amide bonds. The Kier molecular flexibility index (Phi) is 4.22. The second kappa shape index (κ2) is 5.97. The van der Waals surface area contributed by atoms with E-state index < -0.39 is 0 Å². The third-order valence-corrected chi connectivity index (χ3v) is 7.12. The van der Waals surface area contributed by atoms with Gasteiger partial charge in [-0.05, 0) is 31.2 Å². The monoisotopic (exact) mass is 321 g/mol. The Morgan fingerprint density at radius 3 is 2.43 bits per heavy atom. The van der Waals surface area contributed by atoms with Crippen LogP contribution < -0.4 is 9.64 Å². The number of carbonyl (C=O) groups excluding carboxylic acids is 1. The average molecular weight is 321 g/mol. The van der Waals surface area contributed by atoms with Gasteiger partial charge in [-0.25, -0.2) is 0 Å². The van der Waals surface area contributed by atoms with Gasteiger partial charge in [-0.1, -0.05) is 12.2 Å². The van der Waals surface area contributed by atoms with Crippen molar-refractivity contribution < 1.29 is 9.53 Å². The molecule has 1 aromatic carbocycles. The molecule has 2 heterocycles.